The molecule has 7 heteroatoms. The third-order valence-corrected chi connectivity index (χ3v) is 4.51. The molecule has 0 aliphatic heterocycles. The van der Waals surface area contributed by atoms with Gasteiger partial charge in [-0.1, -0.05) is 19.3 Å². The summed E-state index contributed by atoms with van der Waals surface area (Å²) >= 11 is 0. The molecule has 136 valence electrons. The Morgan fingerprint density at radius 2 is 1.79 bits per heavy atom. The van der Waals surface area contributed by atoms with E-state index in [0.717, 1.165) is 38.5 Å². The molecule has 0 aromatic heterocycles. The van der Waals surface area contributed by atoms with Crippen molar-refractivity contribution in [1.29, 1.82) is 0 Å². The molecule has 2 saturated carbocycles. The van der Waals surface area contributed by atoms with E-state index in [1.807, 2.05) is 0 Å². The Labute approximate surface area is 143 Å². The fraction of sp³-hybridized carbons (Fsp3) is 0.824. The molecule has 0 unspecified atom stereocenters. The van der Waals surface area contributed by atoms with Gasteiger partial charge in [0, 0.05) is 18.6 Å². The van der Waals surface area contributed by atoms with Crippen molar-refractivity contribution in [3.63, 3.8) is 0 Å². The number of nitrogens with zero attached hydrogens (tertiary/aromatic N) is 1. The van der Waals surface area contributed by atoms with E-state index in [2.05, 4.69) is 10.6 Å². The molecular weight excluding hydrogens is 310 g/mol. The van der Waals surface area contributed by atoms with Gasteiger partial charge in [0.2, 0.25) is 5.91 Å². The molecule has 7 nitrogen and oxygen atoms in total. The van der Waals surface area contributed by atoms with Gasteiger partial charge in [0.15, 0.2) is 0 Å². The van der Waals surface area contributed by atoms with E-state index in [0.29, 0.717) is 13.2 Å². The number of esters is 1. The van der Waals surface area contributed by atoms with E-state index in [-0.39, 0.29) is 43.0 Å². The molecule has 2 N–H and O–H groups in total. The predicted molar refractivity (Wildman–Crippen MR) is 89.4 cm³/mol. The van der Waals surface area contributed by atoms with Crippen LogP contribution < -0.4 is 10.6 Å². The Kier molecular flexibility index (Phi) is 7.34. The van der Waals surface area contributed by atoms with Gasteiger partial charge < -0.3 is 20.3 Å². The molecule has 2 aliphatic carbocycles. The molecule has 0 aromatic rings. The minimum atomic E-state index is -0.293. The molecule has 2 fully saturated rings. The maximum absolute atomic E-state index is 12.3. The maximum atomic E-state index is 12.3. The van der Waals surface area contributed by atoms with Crippen LogP contribution in [-0.4, -0.2) is 54.6 Å². The smallest absolute Gasteiger partial charge is 0.315 e. The number of ether oxygens (including phenoxy) is 1. The van der Waals surface area contributed by atoms with Crippen LogP contribution in [0.5, 0.6) is 0 Å². The summed E-state index contributed by atoms with van der Waals surface area (Å²) in [5.41, 5.74) is 0. The highest BCUT2D eigenvalue weighted by Gasteiger charge is 2.32. The number of urea groups is 1. The highest BCUT2D eigenvalue weighted by molar-refractivity contribution is 5.84. The van der Waals surface area contributed by atoms with Crippen LogP contribution in [0.15, 0.2) is 0 Å². The van der Waals surface area contributed by atoms with Gasteiger partial charge in [-0.2, -0.15) is 0 Å². The Bertz CT molecular complexity index is 445. The van der Waals surface area contributed by atoms with Crippen LogP contribution in [0, 0.1) is 0 Å². The zero-order chi connectivity index (χ0) is 17.4. The zero-order valence-electron chi connectivity index (χ0n) is 14.5. The predicted octanol–water partition coefficient (Wildman–Crippen LogP) is 1.56. The summed E-state index contributed by atoms with van der Waals surface area (Å²) < 4.78 is 4.90. The number of rotatable bonds is 8. The van der Waals surface area contributed by atoms with Crippen molar-refractivity contribution >= 4 is 17.9 Å². The van der Waals surface area contributed by atoms with Gasteiger partial charge in [0.05, 0.1) is 19.6 Å². The van der Waals surface area contributed by atoms with Crippen molar-refractivity contribution in [1.82, 2.24) is 15.5 Å². The molecule has 0 bridgehead atoms. The van der Waals surface area contributed by atoms with Crippen LogP contribution in [-0.2, 0) is 14.3 Å². The second kappa shape index (κ2) is 9.49. The summed E-state index contributed by atoms with van der Waals surface area (Å²) in [5, 5.41) is 5.58. The normalized spacial score (nSPS) is 17.9. The van der Waals surface area contributed by atoms with Gasteiger partial charge >= 0.3 is 12.0 Å². The van der Waals surface area contributed by atoms with E-state index in [9.17, 15) is 14.4 Å². The lowest BCUT2D eigenvalue weighted by Crippen LogP contribution is -2.47. The van der Waals surface area contributed by atoms with Gasteiger partial charge in [-0.05, 0) is 32.6 Å². The average molecular weight is 339 g/mol. The third kappa shape index (κ3) is 6.37. The molecule has 0 heterocycles. The lowest BCUT2D eigenvalue weighted by Gasteiger charge is -2.24. The Morgan fingerprint density at radius 3 is 2.42 bits per heavy atom. The Hall–Kier alpha value is -1.79. The first-order chi connectivity index (χ1) is 11.6. The quantitative estimate of drug-likeness (QED) is 0.657. The summed E-state index contributed by atoms with van der Waals surface area (Å²) in [7, 11) is 0. The fourth-order valence-corrected chi connectivity index (χ4v) is 3.08. The van der Waals surface area contributed by atoms with E-state index in [1.165, 1.54) is 6.42 Å². The molecule has 0 saturated heterocycles. The van der Waals surface area contributed by atoms with Crippen molar-refractivity contribution in [3.05, 3.63) is 0 Å². The Balaban J connectivity index is 1.69. The van der Waals surface area contributed by atoms with Gasteiger partial charge in [-0.3, -0.25) is 9.59 Å². The van der Waals surface area contributed by atoms with Crippen molar-refractivity contribution in [2.24, 2.45) is 0 Å². The topological polar surface area (TPSA) is 87.7 Å². The molecular formula is C17H29N3O4. The first-order valence-corrected chi connectivity index (χ1v) is 9.09. The third-order valence-electron chi connectivity index (χ3n) is 4.51. The van der Waals surface area contributed by atoms with Gasteiger partial charge in [0.1, 0.15) is 0 Å². The molecule has 2 rings (SSSR count). The molecule has 0 radical (unpaired) electrons. The zero-order valence-corrected chi connectivity index (χ0v) is 14.5. The Morgan fingerprint density at radius 1 is 1.08 bits per heavy atom. The highest BCUT2D eigenvalue weighted by atomic mass is 16.5. The van der Waals surface area contributed by atoms with E-state index in [1.54, 1.807) is 11.8 Å². The van der Waals surface area contributed by atoms with Crippen LogP contribution in [0.4, 0.5) is 4.79 Å². The van der Waals surface area contributed by atoms with Crippen LogP contribution in [0.1, 0.15) is 58.3 Å². The van der Waals surface area contributed by atoms with Crippen LogP contribution in [0.3, 0.4) is 0 Å². The van der Waals surface area contributed by atoms with Crippen molar-refractivity contribution in [2.75, 3.05) is 19.7 Å². The summed E-state index contributed by atoms with van der Waals surface area (Å²) in [5.74, 6) is -0.431. The lowest BCUT2D eigenvalue weighted by molar-refractivity contribution is -0.144. The van der Waals surface area contributed by atoms with E-state index in [4.69, 9.17) is 4.74 Å². The van der Waals surface area contributed by atoms with Crippen LogP contribution in [0.25, 0.3) is 0 Å². The second-order valence-corrected chi connectivity index (χ2v) is 6.54. The van der Waals surface area contributed by atoms with Crippen LogP contribution >= 0.6 is 0 Å². The fourth-order valence-electron chi connectivity index (χ4n) is 3.08. The van der Waals surface area contributed by atoms with Crippen LogP contribution in [0.2, 0.25) is 0 Å². The highest BCUT2D eigenvalue weighted by Crippen LogP contribution is 2.27. The average Bonchev–Trinajstić information content (AvgIpc) is 3.39. The lowest BCUT2D eigenvalue weighted by atomic mass is 9.96. The molecule has 24 heavy (non-hydrogen) atoms. The van der Waals surface area contributed by atoms with E-state index >= 15 is 0 Å². The number of hydrogen-bond donors (Lipinski definition) is 2. The van der Waals surface area contributed by atoms with Crippen molar-refractivity contribution in [3.8, 4) is 0 Å². The van der Waals surface area contributed by atoms with Gasteiger partial charge in [0.25, 0.3) is 0 Å². The molecule has 0 aromatic carbocycles. The minimum Gasteiger partial charge on any atom is -0.466 e. The molecule has 2 aliphatic rings. The molecule has 3 amide bonds. The number of nitrogens with one attached hydrogen (secondary N) is 2. The van der Waals surface area contributed by atoms with Gasteiger partial charge in [-0.15, -0.1) is 0 Å². The molecule has 0 spiro atoms. The standard InChI is InChI=1S/C17H29N3O4/c1-2-24-16(22)10-11-20(14-8-9-14)15(21)12-18-17(23)19-13-6-4-3-5-7-13/h13-14H,2-12H2,1H3,(H2,18,19,23). The number of amides is 3. The molecule has 0 atom stereocenters. The number of hydrogen-bond acceptors (Lipinski definition) is 4. The largest absolute Gasteiger partial charge is 0.466 e. The number of carbonyl (C=O) groups excluding carboxylic acids is 3. The first kappa shape index (κ1) is 18.5. The summed E-state index contributed by atoms with van der Waals surface area (Å²) in [6.07, 6.45) is 7.66. The summed E-state index contributed by atoms with van der Waals surface area (Å²) in [6.45, 7) is 2.43. The summed E-state index contributed by atoms with van der Waals surface area (Å²) in [6, 6.07) is 0.142. The summed E-state index contributed by atoms with van der Waals surface area (Å²) in [4.78, 5) is 37.4. The van der Waals surface area contributed by atoms with Crippen molar-refractivity contribution < 1.29 is 19.1 Å². The maximum Gasteiger partial charge on any atom is 0.315 e. The minimum absolute atomic E-state index is 0.0299. The van der Waals surface area contributed by atoms with E-state index < -0.39 is 0 Å². The van der Waals surface area contributed by atoms with Crippen molar-refractivity contribution in [2.45, 2.75) is 70.4 Å². The monoisotopic (exact) mass is 339 g/mol. The second-order valence-electron chi connectivity index (χ2n) is 6.54. The number of carbonyl (C=O) groups is 3. The SMILES string of the molecule is CCOC(=O)CCN(C(=O)CNC(=O)NC1CCCCC1)C1CC1. The van der Waals surface area contributed by atoms with Gasteiger partial charge in [-0.25, -0.2) is 4.79 Å². The first-order valence-electron chi connectivity index (χ1n) is 9.09.